The lowest BCUT2D eigenvalue weighted by Gasteiger charge is -2.16. The molecule has 0 amide bonds. The lowest BCUT2D eigenvalue weighted by Crippen LogP contribution is -2.16. The van der Waals surface area contributed by atoms with Gasteiger partial charge in [-0.1, -0.05) is 6.07 Å². The van der Waals surface area contributed by atoms with Gasteiger partial charge in [-0.15, -0.1) is 0 Å². The van der Waals surface area contributed by atoms with Crippen molar-refractivity contribution in [3.8, 4) is 28.0 Å². The summed E-state index contributed by atoms with van der Waals surface area (Å²) in [6.07, 6.45) is 9.02. The Morgan fingerprint density at radius 2 is 1.82 bits per heavy atom. The number of nitrogens with zero attached hydrogens (tertiary/aromatic N) is 3. The van der Waals surface area contributed by atoms with Gasteiger partial charge in [0, 0.05) is 54.3 Å². The van der Waals surface area contributed by atoms with Crippen molar-refractivity contribution in [3.05, 3.63) is 65.3 Å². The molecule has 34 heavy (non-hydrogen) atoms. The average molecular weight is 478 g/mol. The highest BCUT2D eigenvalue weighted by atomic mass is 32.2. The third-order valence-corrected chi connectivity index (χ3v) is 7.42. The Hall–Kier alpha value is -3.39. The normalized spacial score (nSPS) is 14.0. The maximum absolute atomic E-state index is 13.0. The minimum atomic E-state index is -3.43. The number of hydrogen-bond donors (Lipinski definition) is 0. The van der Waals surface area contributed by atoms with Crippen LogP contribution in [0.3, 0.4) is 0 Å². The van der Waals surface area contributed by atoms with Crippen LogP contribution in [0.5, 0.6) is 5.75 Å². The van der Waals surface area contributed by atoms with E-state index in [0.717, 1.165) is 41.5 Å². The van der Waals surface area contributed by atoms with Crippen molar-refractivity contribution >= 4 is 20.6 Å². The summed E-state index contributed by atoms with van der Waals surface area (Å²) in [5.74, 6) is 1.16. The summed E-state index contributed by atoms with van der Waals surface area (Å²) >= 11 is 0. The van der Waals surface area contributed by atoms with Crippen molar-refractivity contribution in [3.63, 3.8) is 0 Å². The van der Waals surface area contributed by atoms with Gasteiger partial charge in [-0.2, -0.15) is 5.10 Å². The highest BCUT2D eigenvalue weighted by molar-refractivity contribution is 7.90. The van der Waals surface area contributed by atoms with Crippen molar-refractivity contribution in [1.29, 1.82) is 0 Å². The number of aryl methyl sites for hydroxylation is 2. The second kappa shape index (κ2) is 8.43. The molecule has 1 aliphatic rings. The summed E-state index contributed by atoms with van der Waals surface area (Å²) < 4.78 is 34.2. The summed E-state index contributed by atoms with van der Waals surface area (Å²) in [6.45, 7) is 3.38. The zero-order valence-corrected chi connectivity index (χ0v) is 20.3. The number of aromatic nitrogens is 3. The zero-order valence-electron chi connectivity index (χ0n) is 19.5. The van der Waals surface area contributed by atoms with E-state index in [1.165, 1.54) is 10.8 Å². The Morgan fingerprint density at radius 1 is 1.03 bits per heavy atom. The Kier molecular flexibility index (Phi) is 5.56. The monoisotopic (exact) mass is 477 g/mol. The molecule has 2 aromatic carbocycles. The summed E-state index contributed by atoms with van der Waals surface area (Å²) in [4.78, 5) is 13.2. The molecule has 2 aromatic heterocycles. The Labute approximate surface area is 198 Å². The van der Waals surface area contributed by atoms with E-state index in [9.17, 15) is 13.2 Å². The zero-order chi connectivity index (χ0) is 24.0. The van der Waals surface area contributed by atoms with Crippen LogP contribution in [-0.4, -0.2) is 35.6 Å². The molecule has 176 valence electrons. The summed E-state index contributed by atoms with van der Waals surface area (Å²) in [5.41, 5.74) is 3.17. The van der Waals surface area contributed by atoms with Gasteiger partial charge in [-0.25, -0.2) is 8.42 Å². The molecule has 0 atom stereocenters. The van der Waals surface area contributed by atoms with Crippen molar-refractivity contribution in [2.75, 3.05) is 12.9 Å². The van der Waals surface area contributed by atoms with Crippen molar-refractivity contribution in [1.82, 2.24) is 14.3 Å². The van der Waals surface area contributed by atoms with E-state index in [4.69, 9.17) is 4.74 Å². The molecule has 4 aromatic rings. The number of rotatable bonds is 7. The molecule has 7 nitrogen and oxygen atoms in total. The SMILES string of the molecule is CCn1cc(-c2ccc3c(=O)n(C)cc(-c4cc(S(C)(=O)=O)ccc4OCC4CC4)c3c2)cn1. The van der Waals surface area contributed by atoms with Gasteiger partial charge >= 0.3 is 0 Å². The fourth-order valence-electron chi connectivity index (χ4n) is 4.11. The lowest BCUT2D eigenvalue weighted by atomic mass is 9.97. The maximum atomic E-state index is 13.0. The van der Waals surface area contributed by atoms with Gasteiger partial charge in [0.1, 0.15) is 5.75 Å². The highest BCUT2D eigenvalue weighted by Gasteiger charge is 2.24. The summed E-state index contributed by atoms with van der Waals surface area (Å²) in [5, 5.41) is 5.67. The van der Waals surface area contributed by atoms with E-state index >= 15 is 0 Å². The van der Waals surface area contributed by atoms with Crippen LogP contribution in [0, 0.1) is 5.92 Å². The van der Waals surface area contributed by atoms with Crippen LogP contribution in [0.25, 0.3) is 33.0 Å². The van der Waals surface area contributed by atoms with Crippen LogP contribution < -0.4 is 10.3 Å². The molecule has 0 saturated heterocycles. The third kappa shape index (κ3) is 4.25. The number of fused-ring (bicyclic) bond motifs is 1. The van der Waals surface area contributed by atoms with Crippen molar-refractivity contribution in [2.24, 2.45) is 13.0 Å². The molecule has 1 saturated carbocycles. The smallest absolute Gasteiger partial charge is 0.258 e. The number of benzene rings is 2. The van der Waals surface area contributed by atoms with Gasteiger partial charge in [0.2, 0.25) is 0 Å². The Balaban J connectivity index is 1.75. The molecule has 0 N–H and O–H groups in total. The quantitative estimate of drug-likeness (QED) is 0.397. The second-order valence-corrected chi connectivity index (χ2v) is 11.0. The standard InChI is InChI=1S/C26H27N3O4S/c1-4-29-14-19(13-27-29)18-7-9-21-22(11-18)24(15-28(2)26(21)30)23-12-20(34(3,31)32)8-10-25(23)33-16-17-5-6-17/h7-15,17H,4-6,16H2,1-3H3. The second-order valence-electron chi connectivity index (χ2n) is 8.99. The predicted octanol–water partition coefficient (Wildman–Crippen LogP) is 4.28. The Bertz CT molecular complexity index is 1560. The van der Waals surface area contributed by atoms with Gasteiger partial charge in [0.25, 0.3) is 5.56 Å². The number of sulfone groups is 1. The molecule has 0 radical (unpaired) electrons. The lowest BCUT2D eigenvalue weighted by molar-refractivity contribution is 0.301. The third-order valence-electron chi connectivity index (χ3n) is 6.31. The van der Waals surface area contributed by atoms with Crippen LogP contribution >= 0.6 is 0 Å². The van der Waals surface area contributed by atoms with Crippen LogP contribution in [0.2, 0.25) is 0 Å². The first-order valence-corrected chi connectivity index (χ1v) is 13.3. The topological polar surface area (TPSA) is 83.2 Å². The van der Waals surface area contributed by atoms with Crippen molar-refractivity contribution < 1.29 is 13.2 Å². The van der Waals surface area contributed by atoms with Crippen LogP contribution in [-0.2, 0) is 23.4 Å². The fraction of sp³-hybridized carbons (Fsp3) is 0.308. The Morgan fingerprint density at radius 3 is 2.50 bits per heavy atom. The first-order valence-electron chi connectivity index (χ1n) is 11.4. The molecule has 8 heteroatoms. The van der Waals surface area contributed by atoms with Gasteiger partial charge in [-0.3, -0.25) is 9.48 Å². The molecule has 5 rings (SSSR count). The molecule has 1 aliphatic carbocycles. The van der Waals surface area contributed by atoms with E-state index in [0.29, 0.717) is 29.2 Å². The van der Waals surface area contributed by atoms with Gasteiger partial charge in [0.15, 0.2) is 9.84 Å². The highest BCUT2D eigenvalue weighted by Crippen LogP contribution is 2.38. The minimum absolute atomic E-state index is 0.116. The van der Waals surface area contributed by atoms with Crippen molar-refractivity contribution in [2.45, 2.75) is 31.2 Å². The van der Waals surface area contributed by atoms with E-state index in [1.54, 1.807) is 37.6 Å². The van der Waals surface area contributed by atoms with E-state index in [2.05, 4.69) is 5.10 Å². The van der Waals surface area contributed by atoms with Crippen LogP contribution in [0.4, 0.5) is 0 Å². The van der Waals surface area contributed by atoms with E-state index in [-0.39, 0.29) is 10.5 Å². The van der Waals surface area contributed by atoms with Gasteiger partial charge in [-0.05, 0) is 67.0 Å². The summed E-state index contributed by atoms with van der Waals surface area (Å²) in [6, 6.07) is 10.7. The first-order chi connectivity index (χ1) is 16.2. The van der Waals surface area contributed by atoms with Gasteiger partial charge in [0.05, 0.1) is 17.7 Å². The number of hydrogen-bond acceptors (Lipinski definition) is 5. The molecule has 0 spiro atoms. The molecular formula is C26H27N3O4S. The maximum Gasteiger partial charge on any atom is 0.258 e. The summed E-state index contributed by atoms with van der Waals surface area (Å²) in [7, 11) is -1.72. The van der Waals surface area contributed by atoms with Gasteiger partial charge < -0.3 is 9.30 Å². The number of pyridine rings is 1. The molecule has 2 heterocycles. The molecule has 1 fully saturated rings. The molecule has 0 unspecified atom stereocenters. The predicted molar refractivity (Wildman–Crippen MR) is 133 cm³/mol. The minimum Gasteiger partial charge on any atom is -0.493 e. The van der Waals surface area contributed by atoms with E-state index in [1.807, 2.05) is 36.0 Å². The van der Waals surface area contributed by atoms with Crippen LogP contribution in [0.1, 0.15) is 19.8 Å². The fourth-order valence-corrected chi connectivity index (χ4v) is 4.76. The number of ether oxygens (including phenoxy) is 1. The molecule has 0 bridgehead atoms. The first kappa shape index (κ1) is 22.4. The molecule has 0 aliphatic heterocycles. The largest absolute Gasteiger partial charge is 0.493 e. The molecular weight excluding hydrogens is 450 g/mol. The van der Waals surface area contributed by atoms with Crippen LogP contribution in [0.15, 0.2) is 64.7 Å². The average Bonchev–Trinajstić information content (AvgIpc) is 3.53. The van der Waals surface area contributed by atoms with E-state index < -0.39 is 9.84 Å².